The van der Waals surface area contributed by atoms with Crippen molar-refractivity contribution in [2.75, 3.05) is 19.8 Å². The smallest absolute Gasteiger partial charge is 0.226 e. The van der Waals surface area contributed by atoms with Crippen LogP contribution in [0.5, 0.6) is 0 Å². The van der Waals surface area contributed by atoms with Crippen LogP contribution in [-0.2, 0) is 9.53 Å². The van der Waals surface area contributed by atoms with Gasteiger partial charge in [0.05, 0.1) is 0 Å². The van der Waals surface area contributed by atoms with Crippen LogP contribution in [0, 0.1) is 5.92 Å². The number of amides is 1. The molecule has 1 amide bonds. The molecule has 0 spiro atoms. The van der Waals surface area contributed by atoms with Gasteiger partial charge in [-0.15, -0.1) is 0 Å². The minimum Gasteiger partial charge on any atom is -0.381 e. The summed E-state index contributed by atoms with van der Waals surface area (Å²) < 4.78 is 5.28. The maximum Gasteiger partial charge on any atom is 0.226 e. The highest BCUT2D eigenvalue weighted by Crippen LogP contribution is 2.22. The zero-order valence-corrected chi connectivity index (χ0v) is 10.4. The van der Waals surface area contributed by atoms with Crippen LogP contribution in [-0.4, -0.2) is 36.1 Å². The van der Waals surface area contributed by atoms with Crippen molar-refractivity contribution in [3.05, 3.63) is 0 Å². The maximum absolute atomic E-state index is 12.2. The van der Waals surface area contributed by atoms with Crippen molar-refractivity contribution in [1.82, 2.24) is 4.90 Å². The molecule has 0 saturated carbocycles. The number of hydrogen-bond acceptors (Lipinski definition) is 2. The molecule has 3 nitrogen and oxygen atoms in total. The average Bonchev–Trinajstić information content (AvgIpc) is 2.18. The lowest BCUT2D eigenvalue weighted by Crippen LogP contribution is -2.48. The molecule has 0 aromatic rings. The van der Waals surface area contributed by atoms with Gasteiger partial charge in [0.1, 0.15) is 0 Å². The van der Waals surface area contributed by atoms with E-state index in [0.717, 1.165) is 32.6 Å². The Kier molecular flexibility index (Phi) is 4.14. The van der Waals surface area contributed by atoms with Gasteiger partial charge in [0.25, 0.3) is 0 Å². The normalized spacial score (nSPS) is 18.9. The summed E-state index contributed by atoms with van der Waals surface area (Å²) in [6.45, 7) is 10.6. The van der Waals surface area contributed by atoms with Crippen LogP contribution in [0.25, 0.3) is 0 Å². The molecule has 1 fully saturated rings. The first-order valence-corrected chi connectivity index (χ1v) is 5.86. The van der Waals surface area contributed by atoms with Gasteiger partial charge in [0.15, 0.2) is 0 Å². The number of carbonyl (C=O) groups excluding carboxylic acids is 1. The highest BCUT2D eigenvalue weighted by atomic mass is 16.5. The molecule has 1 aliphatic heterocycles. The second-order valence-electron chi connectivity index (χ2n) is 5.14. The number of ether oxygens (including phenoxy) is 1. The van der Waals surface area contributed by atoms with Crippen molar-refractivity contribution in [3.63, 3.8) is 0 Å². The first-order valence-electron chi connectivity index (χ1n) is 5.86. The van der Waals surface area contributed by atoms with Crippen molar-refractivity contribution in [2.24, 2.45) is 5.92 Å². The van der Waals surface area contributed by atoms with E-state index in [0.29, 0.717) is 5.91 Å². The van der Waals surface area contributed by atoms with Crippen LogP contribution in [0.1, 0.15) is 40.5 Å². The van der Waals surface area contributed by atoms with Crippen LogP contribution in [0.15, 0.2) is 0 Å². The summed E-state index contributed by atoms with van der Waals surface area (Å²) in [6.07, 6.45) is 1.76. The largest absolute Gasteiger partial charge is 0.381 e. The summed E-state index contributed by atoms with van der Waals surface area (Å²) in [5.74, 6) is 0.478. The molecule has 15 heavy (non-hydrogen) atoms. The van der Waals surface area contributed by atoms with E-state index in [1.807, 2.05) is 11.8 Å². The summed E-state index contributed by atoms with van der Waals surface area (Å²) >= 11 is 0. The topological polar surface area (TPSA) is 29.5 Å². The first kappa shape index (κ1) is 12.5. The third-order valence-electron chi connectivity index (χ3n) is 2.96. The Labute approximate surface area is 92.8 Å². The minimum absolute atomic E-state index is 0.0653. The second kappa shape index (κ2) is 4.97. The quantitative estimate of drug-likeness (QED) is 0.702. The Morgan fingerprint density at radius 3 is 2.27 bits per heavy atom. The molecule has 0 aliphatic carbocycles. The minimum atomic E-state index is -0.0653. The van der Waals surface area contributed by atoms with Gasteiger partial charge in [-0.25, -0.2) is 0 Å². The maximum atomic E-state index is 12.2. The van der Waals surface area contributed by atoms with Gasteiger partial charge in [-0.2, -0.15) is 0 Å². The summed E-state index contributed by atoms with van der Waals surface area (Å²) in [5, 5.41) is 0. The highest BCUT2D eigenvalue weighted by molar-refractivity contribution is 5.79. The predicted octanol–water partition coefficient (Wildman–Crippen LogP) is 2.06. The zero-order chi connectivity index (χ0) is 11.5. The van der Waals surface area contributed by atoms with E-state index in [-0.39, 0.29) is 11.5 Å². The van der Waals surface area contributed by atoms with Crippen molar-refractivity contribution in [3.8, 4) is 0 Å². The summed E-state index contributed by atoms with van der Waals surface area (Å²) in [5.41, 5.74) is -0.0653. The van der Waals surface area contributed by atoms with Crippen LogP contribution in [0.2, 0.25) is 0 Å². The monoisotopic (exact) mass is 213 g/mol. The van der Waals surface area contributed by atoms with Crippen molar-refractivity contribution in [1.29, 1.82) is 0 Å². The molecule has 0 aromatic carbocycles. The molecule has 0 unspecified atom stereocenters. The lowest BCUT2D eigenvalue weighted by molar-refractivity contribution is -0.143. The van der Waals surface area contributed by atoms with Crippen LogP contribution in [0.4, 0.5) is 0 Å². The van der Waals surface area contributed by atoms with Gasteiger partial charge in [-0.1, -0.05) is 0 Å². The molecule has 1 saturated heterocycles. The van der Waals surface area contributed by atoms with Crippen LogP contribution >= 0.6 is 0 Å². The lowest BCUT2D eigenvalue weighted by Gasteiger charge is -2.38. The van der Waals surface area contributed by atoms with Crippen LogP contribution < -0.4 is 0 Å². The number of rotatable bonds is 2. The average molecular weight is 213 g/mol. The van der Waals surface area contributed by atoms with Gasteiger partial charge in [0, 0.05) is 31.2 Å². The zero-order valence-electron chi connectivity index (χ0n) is 10.4. The number of hydrogen-bond donors (Lipinski definition) is 0. The van der Waals surface area contributed by atoms with Crippen LogP contribution in [0.3, 0.4) is 0 Å². The Morgan fingerprint density at radius 1 is 1.33 bits per heavy atom. The van der Waals surface area contributed by atoms with Gasteiger partial charge in [-0.05, 0) is 40.5 Å². The van der Waals surface area contributed by atoms with E-state index < -0.39 is 0 Å². The fraction of sp³-hybridized carbons (Fsp3) is 0.917. The molecule has 88 valence electrons. The van der Waals surface area contributed by atoms with Crippen molar-refractivity contribution >= 4 is 5.91 Å². The van der Waals surface area contributed by atoms with E-state index >= 15 is 0 Å². The van der Waals surface area contributed by atoms with E-state index in [1.54, 1.807) is 0 Å². The molecular weight excluding hydrogens is 190 g/mol. The van der Waals surface area contributed by atoms with Gasteiger partial charge >= 0.3 is 0 Å². The Balaban J connectivity index is 2.63. The second-order valence-corrected chi connectivity index (χ2v) is 5.14. The molecule has 3 heteroatoms. The summed E-state index contributed by atoms with van der Waals surface area (Å²) in [4.78, 5) is 14.2. The van der Waals surface area contributed by atoms with Crippen molar-refractivity contribution in [2.45, 2.75) is 46.1 Å². The van der Waals surface area contributed by atoms with E-state index in [1.165, 1.54) is 0 Å². The summed E-state index contributed by atoms with van der Waals surface area (Å²) in [6, 6.07) is 0. The van der Waals surface area contributed by atoms with E-state index in [9.17, 15) is 4.79 Å². The molecule has 0 N–H and O–H groups in total. The standard InChI is InChI=1S/C12H23NO2/c1-5-13(12(2,3)4)11(14)10-6-8-15-9-7-10/h10H,5-9H2,1-4H3. The lowest BCUT2D eigenvalue weighted by atomic mass is 9.95. The molecule has 0 atom stereocenters. The Bertz CT molecular complexity index is 214. The Hall–Kier alpha value is -0.570. The Morgan fingerprint density at radius 2 is 1.87 bits per heavy atom. The van der Waals surface area contributed by atoms with E-state index in [2.05, 4.69) is 20.8 Å². The number of carbonyl (C=O) groups is 1. The van der Waals surface area contributed by atoms with Crippen molar-refractivity contribution < 1.29 is 9.53 Å². The molecule has 1 heterocycles. The third kappa shape index (κ3) is 3.20. The summed E-state index contributed by atoms with van der Waals surface area (Å²) in [7, 11) is 0. The predicted molar refractivity (Wildman–Crippen MR) is 60.7 cm³/mol. The highest BCUT2D eigenvalue weighted by Gasteiger charge is 2.31. The van der Waals surface area contributed by atoms with Gasteiger partial charge < -0.3 is 9.64 Å². The molecular formula is C12H23NO2. The molecule has 0 aromatic heterocycles. The molecule has 0 radical (unpaired) electrons. The fourth-order valence-electron chi connectivity index (χ4n) is 2.13. The number of nitrogens with zero attached hydrogens (tertiary/aromatic N) is 1. The molecule has 0 bridgehead atoms. The SMILES string of the molecule is CCN(C(=O)C1CCOCC1)C(C)(C)C. The first-order chi connectivity index (χ1) is 6.96. The van der Waals surface area contributed by atoms with Gasteiger partial charge in [0.2, 0.25) is 5.91 Å². The molecule has 1 aliphatic rings. The van der Waals surface area contributed by atoms with E-state index in [4.69, 9.17) is 4.74 Å². The fourth-order valence-corrected chi connectivity index (χ4v) is 2.13. The third-order valence-corrected chi connectivity index (χ3v) is 2.96. The van der Waals surface area contributed by atoms with Gasteiger partial charge in [-0.3, -0.25) is 4.79 Å². The molecule has 1 rings (SSSR count).